The number of hydrogen-bond acceptors (Lipinski definition) is 3. The predicted molar refractivity (Wildman–Crippen MR) is 112 cm³/mol. The number of carbonyl (C=O) groups is 1. The minimum absolute atomic E-state index is 0.180. The van der Waals surface area contributed by atoms with E-state index in [2.05, 4.69) is 5.32 Å². The average molecular weight is 429 g/mol. The molecule has 5 nitrogen and oxygen atoms in total. The molecule has 1 N–H and O–H groups in total. The molecule has 2 aromatic rings. The second kappa shape index (κ2) is 9.44. The van der Waals surface area contributed by atoms with E-state index in [1.54, 1.807) is 30.3 Å². The molecule has 0 saturated carbocycles. The standard InChI is InChI=1S/C19H22Cl2N2O3S/c1-3-14-6-9-16(10-7-14)23(27(2,25)26)12-4-5-19(24)22-15-8-11-17(20)18(21)13-15/h6-11,13H,3-5,12H2,1-2H3,(H,22,24). The highest BCUT2D eigenvalue weighted by Crippen LogP contribution is 2.25. The van der Waals surface area contributed by atoms with Gasteiger partial charge in [-0.15, -0.1) is 0 Å². The van der Waals surface area contributed by atoms with E-state index in [0.717, 1.165) is 18.2 Å². The third-order valence-electron chi connectivity index (χ3n) is 4.00. The molecule has 27 heavy (non-hydrogen) atoms. The summed E-state index contributed by atoms with van der Waals surface area (Å²) in [4.78, 5) is 12.1. The van der Waals surface area contributed by atoms with Gasteiger partial charge in [-0.1, -0.05) is 42.3 Å². The van der Waals surface area contributed by atoms with Crippen LogP contribution in [0.5, 0.6) is 0 Å². The van der Waals surface area contributed by atoms with Gasteiger partial charge in [0.15, 0.2) is 0 Å². The maximum absolute atomic E-state index is 12.1. The Balaban J connectivity index is 1.96. The third kappa shape index (κ3) is 6.41. The molecule has 0 aliphatic carbocycles. The number of hydrogen-bond donors (Lipinski definition) is 1. The van der Waals surface area contributed by atoms with Crippen molar-refractivity contribution in [2.75, 3.05) is 22.4 Å². The average Bonchev–Trinajstić information content (AvgIpc) is 2.61. The minimum atomic E-state index is -3.44. The molecule has 2 aromatic carbocycles. The van der Waals surface area contributed by atoms with E-state index in [9.17, 15) is 13.2 Å². The number of sulfonamides is 1. The Bertz CT molecular complexity index is 900. The number of nitrogens with one attached hydrogen (secondary N) is 1. The predicted octanol–water partition coefficient (Wildman–Crippen LogP) is 4.74. The van der Waals surface area contributed by atoms with Crippen LogP contribution in [0.2, 0.25) is 10.0 Å². The van der Waals surface area contributed by atoms with Crippen molar-refractivity contribution in [3.63, 3.8) is 0 Å². The summed E-state index contributed by atoms with van der Waals surface area (Å²) in [5.41, 5.74) is 2.28. The fraction of sp³-hybridized carbons (Fsp3) is 0.316. The molecule has 0 heterocycles. The molecule has 0 aliphatic heterocycles. The molecule has 0 spiro atoms. The van der Waals surface area contributed by atoms with E-state index in [4.69, 9.17) is 23.2 Å². The van der Waals surface area contributed by atoms with E-state index >= 15 is 0 Å². The molecule has 0 bridgehead atoms. The van der Waals surface area contributed by atoms with Crippen LogP contribution < -0.4 is 9.62 Å². The molecule has 8 heteroatoms. The van der Waals surface area contributed by atoms with Crippen LogP contribution in [0.1, 0.15) is 25.3 Å². The van der Waals surface area contributed by atoms with Crippen molar-refractivity contribution in [2.45, 2.75) is 26.2 Å². The van der Waals surface area contributed by atoms with Crippen LogP contribution in [-0.2, 0) is 21.2 Å². The monoisotopic (exact) mass is 428 g/mol. The van der Waals surface area contributed by atoms with E-state index in [-0.39, 0.29) is 18.9 Å². The van der Waals surface area contributed by atoms with Crippen molar-refractivity contribution in [3.05, 3.63) is 58.1 Å². The number of rotatable bonds is 8. The lowest BCUT2D eigenvalue weighted by atomic mass is 10.1. The highest BCUT2D eigenvalue weighted by molar-refractivity contribution is 7.92. The van der Waals surface area contributed by atoms with Crippen molar-refractivity contribution in [1.82, 2.24) is 0 Å². The first kappa shape index (κ1) is 21.5. The third-order valence-corrected chi connectivity index (χ3v) is 5.93. The summed E-state index contributed by atoms with van der Waals surface area (Å²) in [6.45, 7) is 2.26. The van der Waals surface area contributed by atoms with Crippen LogP contribution in [0.4, 0.5) is 11.4 Å². The van der Waals surface area contributed by atoms with Crippen LogP contribution in [0, 0.1) is 0 Å². The Morgan fingerprint density at radius 3 is 2.30 bits per heavy atom. The highest BCUT2D eigenvalue weighted by Gasteiger charge is 2.17. The van der Waals surface area contributed by atoms with Gasteiger partial charge in [0, 0.05) is 18.7 Å². The van der Waals surface area contributed by atoms with Crippen LogP contribution in [-0.4, -0.2) is 27.1 Å². The Morgan fingerprint density at radius 1 is 1.07 bits per heavy atom. The summed E-state index contributed by atoms with van der Waals surface area (Å²) in [7, 11) is -3.44. The molecule has 0 fully saturated rings. The Morgan fingerprint density at radius 2 is 1.74 bits per heavy atom. The maximum atomic E-state index is 12.1. The normalized spacial score (nSPS) is 11.3. The zero-order chi connectivity index (χ0) is 20.0. The summed E-state index contributed by atoms with van der Waals surface area (Å²) in [5, 5.41) is 3.49. The zero-order valence-electron chi connectivity index (χ0n) is 15.2. The van der Waals surface area contributed by atoms with Gasteiger partial charge < -0.3 is 5.32 Å². The first-order valence-corrected chi connectivity index (χ1v) is 11.1. The number of halogens is 2. The number of aryl methyl sites for hydroxylation is 1. The van der Waals surface area contributed by atoms with E-state index in [0.29, 0.717) is 27.8 Å². The van der Waals surface area contributed by atoms with Crippen molar-refractivity contribution in [3.8, 4) is 0 Å². The van der Waals surface area contributed by atoms with Gasteiger partial charge in [-0.25, -0.2) is 8.42 Å². The van der Waals surface area contributed by atoms with Crippen molar-refractivity contribution >= 4 is 50.5 Å². The van der Waals surface area contributed by atoms with Crippen LogP contribution >= 0.6 is 23.2 Å². The van der Waals surface area contributed by atoms with Crippen LogP contribution in [0.15, 0.2) is 42.5 Å². The molecule has 0 atom stereocenters. The fourth-order valence-electron chi connectivity index (χ4n) is 2.56. The van der Waals surface area contributed by atoms with Crippen LogP contribution in [0.3, 0.4) is 0 Å². The first-order chi connectivity index (χ1) is 12.7. The molecule has 0 radical (unpaired) electrons. The van der Waals surface area contributed by atoms with Gasteiger partial charge >= 0.3 is 0 Å². The summed E-state index contributed by atoms with van der Waals surface area (Å²) in [6, 6.07) is 12.2. The van der Waals surface area contributed by atoms with Crippen molar-refractivity contribution < 1.29 is 13.2 Å². The number of nitrogens with zero attached hydrogens (tertiary/aromatic N) is 1. The molecule has 1 amide bonds. The van der Waals surface area contributed by atoms with Crippen molar-refractivity contribution in [2.24, 2.45) is 0 Å². The van der Waals surface area contributed by atoms with Gasteiger partial charge in [0.05, 0.1) is 22.0 Å². The van der Waals surface area contributed by atoms with Gasteiger partial charge in [-0.3, -0.25) is 9.10 Å². The van der Waals surface area contributed by atoms with Gasteiger partial charge in [0.25, 0.3) is 0 Å². The number of anilines is 2. The molecular formula is C19H22Cl2N2O3S. The fourth-order valence-corrected chi connectivity index (χ4v) is 3.83. The topological polar surface area (TPSA) is 66.5 Å². The molecular weight excluding hydrogens is 407 g/mol. The number of amides is 1. The van der Waals surface area contributed by atoms with Crippen LogP contribution in [0.25, 0.3) is 0 Å². The largest absolute Gasteiger partial charge is 0.326 e. The highest BCUT2D eigenvalue weighted by atomic mass is 35.5. The summed E-state index contributed by atoms with van der Waals surface area (Å²) in [6.07, 6.45) is 2.61. The van der Waals surface area contributed by atoms with Crippen molar-refractivity contribution in [1.29, 1.82) is 0 Å². The lowest BCUT2D eigenvalue weighted by molar-refractivity contribution is -0.116. The lowest BCUT2D eigenvalue weighted by Crippen LogP contribution is -2.31. The minimum Gasteiger partial charge on any atom is -0.326 e. The second-order valence-corrected chi connectivity index (χ2v) is 8.86. The van der Waals surface area contributed by atoms with E-state index < -0.39 is 10.0 Å². The molecule has 0 aromatic heterocycles. The lowest BCUT2D eigenvalue weighted by Gasteiger charge is -2.22. The maximum Gasteiger partial charge on any atom is 0.232 e. The number of carbonyl (C=O) groups excluding carboxylic acids is 1. The zero-order valence-corrected chi connectivity index (χ0v) is 17.5. The second-order valence-electron chi connectivity index (χ2n) is 6.14. The SMILES string of the molecule is CCc1ccc(N(CCCC(=O)Nc2ccc(Cl)c(Cl)c2)S(C)(=O)=O)cc1. The van der Waals surface area contributed by atoms with Gasteiger partial charge in [0.1, 0.15) is 0 Å². The number of benzene rings is 2. The Hall–Kier alpha value is -1.76. The molecule has 146 valence electrons. The van der Waals surface area contributed by atoms with E-state index in [1.165, 1.54) is 4.31 Å². The first-order valence-electron chi connectivity index (χ1n) is 8.52. The summed E-state index contributed by atoms with van der Waals surface area (Å²) in [5.74, 6) is -0.219. The molecule has 0 unspecified atom stereocenters. The van der Waals surface area contributed by atoms with E-state index in [1.807, 2.05) is 19.1 Å². The Kier molecular flexibility index (Phi) is 7.53. The quantitative estimate of drug-likeness (QED) is 0.659. The molecule has 2 rings (SSSR count). The molecule has 0 aliphatic rings. The van der Waals surface area contributed by atoms with Gasteiger partial charge in [0.2, 0.25) is 15.9 Å². The summed E-state index contributed by atoms with van der Waals surface area (Å²) >= 11 is 11.8. The summed E-state index contributed by atoms with van der Waals surface area (Å²) < 4.78 is 25.6. The Labute approximate surface area is 170 Å². The smallest absolute Gasteiger partial charge is 0.232 e. The van der Waals surface area contributed by atoms with Gasteiger partial charge in [-0.05, 0) is 48.7 Å². The molecule has 0 saturated heterocycles. The van der Waals surface area contributed by atoms with Gasteiger partial charge in [-0.2, -0.15) is 0 Å².